The standard InChI is InChI=1S/C22H23NO2S/c1-14-18(13-20(24)25)19-12-16(23(2)3)10-11-17(19)21(14)22(26-4)15-8-6-5-7-9-15/h5-12H,13H2,1-4H3,(H,24,25). The predicted molar refractivity (Wildman–Crippen MR) is 112 cm³/mol. The van der Waals surface area contributed by atoms with Crippen molar-refractivity contribution in [1.29, 1.82) is 0 Å². The number of fused-ring (bicyclic) bond motifs is 1. The van der Waals surface area contributed by atoms with Gasteiger partial charge >= 0.3 is 5.97 Å². The summed E-state index contributed by atoms with van der Waals surface area (Å²) in [5, 5.41) is 9.43. The number of carboxylic acids is 1. The van der Waals surface area contributed by atoms with Crippen LogP contribution in [0, 0.1) is 0 Å². The summed E-state index contributed by atoms with van der Waals surface area (Å²) in [6.07, 6.45) is 2.11. The highest BCUT2D eigenvalue weighted by Crippen LogP contribution is 2.49. The fraction of sp³-hybridized carbons (Fsp3) is 0.227. The molecule has 0 unspecified atom stereocenters. The van der Waals surface area contributed by atoms with Gasteiger partial charge in [-0.05, 0) is 58.7 Å². The Morgan fingerprint density at radius 3 is 2.35 bits per heavy atom. The fourth-order valence-electron chi connectivity index (χ4n) is 3.46. The van der Waals surface area contributed by atoms with Crippen molar-refractivity contribution in [1.82, 2.24) is 0 Å². The number of rotatable bonds is 5. The van der Waals surface area contributed by atoms with E-state index in [0.717, 1.165) is 39.1 Å². The summed E-state index contributed by atoms with van der Waals surface area (Å²) in [7, 11) is 4.00. The molecule has 0 saturated carbocycles. The topological polar surface area (TPSA) is 40.5 Å². The molecule has 1 aliphatic carbocycles. The van der Waals surface area contributed by atoms with Crippen LogP contribution in [-0.4, -0.2) is 31.4 Å². The first-order chi connectivity index (χ1) is 12.4. The number of carboxylic acid groups (broad SMARTS) is 1. The number of anilines is 1. The van der Waals surface area contributed by atoms with E-state index in [9.17, 15) is 9.90 Å². The molecule has 134 valence electrons. The Bertz CT molecular complexity index is 911. The van der Waals surface area contributed by atoms with E-state index in [-0.39, 0.29) is 6.42 Å². The molecule has 1 aliphatic rings. The molecule has 4 heteroatoms. The smallest absolute Gasteiger partial charge is 0.307 e. The molecule has 3 nitrogen and oxygen atoms in total. The summed E-state index contributed by atoms with van der Waals surface area (Å²) in [4.78, 5) is 14.7. The second-order valence-electron chi connectivity index (χ2n) is 6.57. The molecule has 0 bridgehead atoms. The molecule has 0 aliphatic heterocycles. The maximum atomic E-state index is 11.5. The van der Waals surface area contributed by atoms with E-state index >= 15 is 0 Å². The van der Waals surface area contributed by atoms with Gasteiger partial charge < -0.3 is 10.0 Å². The molecule has 0 fully saturated rings. The van der Waals surface area contributed by atoms with Gasteiger partial charge in [0.1, 0.15) is 0 Å². The molecule has 2 aromatic carbocycles. The van der Waals surface area contributed by atoms with Crippen molar-refractivity contribution in [2.24, 2.45) is 0 Å². The van der Waals surface area contributed by atoms with E-state index in [0.29, 0.717) is 0 Å². The first kappa shape index (κ1) is 18.3. The van der Waals surface area contributed by atoms with Crippen LogP contribution >= 0.6 is 11.8 Å². The van der Waals surface area contributed by atoms with Crippen molar-refractivity contribution >= 4 is 39.5 Å². The lowest BCUT2D eigenvalue weighted by molar-refractivity contribution is -0.135. The number of aliphatic carboxylic acids is 1. The Labute approximate surface area is 159 Å². The lowest BCUT2D eigenvalue weighted by atomic mass is 9.99. The van der Waals surface area contributed by atoms with Crippen LogP contribution in [0.25, 0.3) is 16.1 Å². The lowest BCUT2D eigenvalue weighted by Crippen LogP contribution is -2.09. The number of benzene rings is 2. The number of nitrogens with zero attached hydrogens (tertiary/aromatic N) is 1. The zero-order valence-corrected chi connectivity index (χ0v) is 16.4. The number of hydrogen-bond acceptors (Lipinski definition) is 3. The Morgan fingerprint density at radius 2 is 1.77 bits per heavy atom. The molecule has 1 N–H and O–H groups in total. The summed E-state index contributed by atoms with van der Waals surface area (Å²) < 4.78 is 0. The Kier molecular flexibility index (Phi) is 5.23. The van der Waals surface area contributed by atoms with Gasteiger partial charge in [0.05, 0.1) is 6.42 Å². The van der Waals surface area contributed by atoms with Crippen LogP contribution in [0.5, 0.6) is 0 Å². The van der Waals surface area contributed by atoms with E-state index in [1.165, 1.54) is 4.91 Å². The minimum Gasteiger partial charge on any atom is -0.481 e. The van der Waals surface area contributed by atoms with Gasteiger partial charge in [0, 0.05) is 24.7 Å². The van der Waals surface area contributed by atoms with Gasteiger partial charge in [-0.2, -0.15) is 0 Å². The third-order valence-electron chi connectivity index (χ3n) is 4.74. The predicted octanol–water partition coefficient (Wildman–Crippen LogP) is 5.25. The molecule has 2 aromatic rings. The Balaban J connectivity index is 2.29. The van der Waals surface area contributed by atoms with Crippen LogP contribution in [0.4, 0.5) is 5.69 Å². The number of allylic oxidation sites excluding steroid dienone is 2. The molecule has 0 amide bonds. The van der Waals surface area contributed by atoms with Gasteiger partial charge in [0.15, 0.2) is 0 Å². The fourth-order valence-corrected chi connectivity index (χ4v) is 4.30. The molecular formula is C22H23NO2S. The molecule has 0 spiro atoms. The third-order valence-corrected chi connectivity index (χ3v) is 5.58. The average Bonchev–Trinajstić information content (AvgIpc) is 2.88. The van der Waals surface area contributed by atoms with Crippen molar-refractivity contribution in [2.45, 2.75) is 13.3 Å². The van der Waals surface area contributed by atoms with Crippen molar-refractivity contribution in [3.8, 4) is 0 Å². The molecule has 3 rings (SSSR count). The van der Waals surface area contributed by atoms with Crippen LogP contribution < -0.4 is 4.90 Å². The molecule has 0 saturated heterocycles. The minimum absolute atomic E-state index is 0.0374. The number of hydrogen-bond donors (Lipinski definition) is 1. The van der Waals surface area contributed by atoms with Gasteiger partial charge in [0.2, 0.25) is 0 Å². The van der Waals surface area contributed by atoms with Gasteiger partial charge in [-0.25, -0.2) is 0 Å². The van der Waals surface area contributed by atoms with E-state index in [1.807, 2.05) is 44.1 Å². The van der Waals surface area contributed by atoms with Crippen LogP contribution in [0.2, 0.25) is 0 Å². The van der Waals surface area contributed by atoms with E-state index in [4.69, 9.17) is 0 Å². The zero-order valence-electron chi connectivity index (χ0n) is 15.5. The van der Waals surface area contributed by atoms with Gasteiger partial charge in [-0.15, -0.1) is 11.8 Å². The Hall–Kier alpha value is -2.46. The first-order valence-corrected chi connectivity index (χ1v) is 9.74. The quantitative estimate of drug-likeness (QED) is 0.786. The van der Waals surface area contributed by atoms with Crippen LogP contribution in [-0.2, 0) is 4.79 Å². The molecule has 0 heterocycles. The highest BCUT2D eigenvalue weighted by atomic mass is 32.2. The van der Waals surface area contributed by atoms with Crippen LogP contribution in [0.1, 0.15) is 30.0 Å². The number of carbonyl (C=O) groups is 1. The van der Waals surface area contributed by atoms with E-state index in [1.54, 1.807) is 11.8 Å². The lowest BCUT2D eigenvalue weighted by Gasteiger charge is -2.16. The number of thioether (sulfide) groups is 1. The Morgan fingerprint density at radius 1 is 1.08 bits per heavy atom. The zero-order chi connectivity index (χ0) is 18.8. The first-order valence-electron chi connectivity index (χ1n) is 8.51. The van der Waals surface area contributed by atoms with Crippen LogP contribution in [0.3, 0.4) is 0 Å². The third kappa shape index (κ3) is 3.29. The summed E-state index contributed by atoms with van der Waals surface area (Å²) in [6.45, 7) is 2.04. The van der Waals surface area contributed by atoms with Crippen LogP contribution in [0.15, 0.2) is 54.1 Å². The molecule has 26 heavy (non-hydrogen) atoms. The summed E-state index contributed by atoms with van der Waals surface area (Å²) in [6, 6.07) is 16.6. The summed E-state index contributed by atoms with van der Waals surface area (Å²) in [5.41, 5.74) is 7.52. The van der Waals surface area contributed by atoms with Crippen molar-refractivity contribution in [2.75, 3.05) is 25.3 Å². The SMILES string of the molecule is CSC(=C1C(C)=C(CC(=O)O)c2cc(N(C)C)ccc21)c1ccccc1. The highest BCUT2D eigenvalue weighted by molar-refractivity contribution is 8.08. The van der Waals surface area contributed by atoms with E-state index < -0.39 is 5.97 Å². The maximum Gasteiger partial charge on any atom is 0.307 e. The second-order valence-corrected chi connectivity index (χ2v) is 7.39. The highest BCUT2D eigenvalue weighted by Gasteiger charge is 2.28. The van der Waals surface area contributed by atoms with Gasteiger partial charge in [-0.3, -0.25) is 4.79 Å². The van der Waals surface area contributed by atoms with Crippen molar-refractivity contribution in [3.05, 3.63) is 70.8 Å². The van der Waals surface area contributed by atoms with E-state index in [2.05, 4.69) is 36.6 Å². The normalized spacial score (nSPS) is 15.1. The monoisotopic (exact) mass is 365 g/mol. The molecule has 0 atom stereocenters. The molecule has 0 aromatic heterocycles. The second kappa shape index (κ2) is 7.42. The van der Waals surface area contributed by atoms with Gasteiger partial charge in [0.25, 0.3) is 0 Å². The van der Waals surface area contributed by atoms with Crippen molar-refractivity contribution in [3.63, 3.8) is 0 Å². The summed E-state index contributed by atoms with van der Waals surface area (Å²) in [5.74, 6) is -0.799. The maximum absolute atomic E-state index is 11.5. The minimum atomic E-state index is -0.799. The summed E-state index contributed by atoms with van der Waals surface area (Å²) >= 11 is 1.71. The molecular weight excluding hydrogens is 342 g/mol. The van der Waals surface area contributed by atoms with Crippen molar-refractivity contribution < 1.29 is 9.90 Å². The molecule has 0 radical (unpaired) electrons. The van der Waals surface area contributed by atoms with Gasteiger partial charge in [-0.1, -0.05) is 36.4 Å². The largest absolute Gasteiger partial charge is 0.481 e. The average molecular weight is 365 g/mol.